The van der Waals surface area contributed by atoms with Crippen LogP contribution in [0.1, 0.15) is 17.0 Å². The summed E-state index contributed by atoms with van der Waals surface area (Å²) in [7, 11) is 0. The number of hydrogen-bond donors (Lipinski definition) is 2. The largest absolute Gasteiger partial charge is 0.369 e. The Labute approximate surface area is 120 Å². The minimum Gasteiger partial charge on any atom is -0.369 e. The van der Waals surface area contributed by atoms with Crippen molar-refractivity contribution in [3.8, 4) is 0 Å². The normalized spacial score (nSPS) is 16.8. The van der Waals surface area contributed by atoms with E-state index in [1.807, 2.05) is 0 Å². The Kier molecular flexibility index (Phi) is 2.60. The van der Waals surface area contributed by atoms with Crippen LogP contribution in [0.5, 0.6) is 0 Å². The Hall–Kier alpha value is -2.14. The van der Waals surface area contributed by atoms with Gasteiger partial charge in [0.05, 0.1) is 11.6 Å². The maximum atomic E-state index is 5.91. The van der Waals surface area contributed by atoms with Gasteiger partial charge in [0.1, 0.15) is 5.82 Å². The van der Waals surface area contributed by atoms with E-state index in [1.165, 1.54) is 11.1 Å². The highest BCUT2D eigenvalue weighted by Gasteiger charge is 2.25. The van der Waals surface area contributed by atoms with Crippen molar-refractivity contribution < 1.29 is 0 Å². The molecule has 2 heterocycles. The van der Waals surface area contributed by atoms with Gasteiger partial charge < -0.3 is 5.32 Å². The van der Waals surface area contributed by atoms with Crippen molar-refractivity contribution in [1.29, 1.82) is 0 Å². The summed E-state index contributed by atoms with van der Waals surface area (Å²) in [5, 5.41) is 11.2. The van der Waals surface area contributed by atoms with Crippen molar-refractivity contribution in [1.82, 2.24) is 20.2 Å². The Morgan fingerprint density at radius 3 is 3.10 bits per heavy atom. The molecule has 0 fully saturated rings. The first-order valence-electron chi connectivity index (χ1n) is 6.49. The number of aromatic amines is 1. The number of benzene rings is 1. The van der Waals surface area contributed by atoms with E-state index in [1.54, 1.807) is 6.20 Å². The zero-order valence-electron chi connectivity index (χ0n) is 10.6. The molecule has 0 amide bonds. The predicted octanol–water partition coefficient (Wildman–Crippen LogP) is 2.76. The first-order valence-corrected chi connectivity index (χ1v) is 6.87. The monoisotopic (exact) mass is 285 g/mol. The Morgan fingerprint density at radius 2 is 2.20 bits per heavy atom. The molecule has 6 heteroatoms. The van der Waals surface area contributed by atoms with Crippen molar-refractivity contribution >= 4 is 28.5 Å². The lowest BCUT2D eigenvalue weighted by atomic mass is 9.77. The fraction of sp³-hybridized carbons (Fsp3) is 0.214. The summed E-state index contributed by atoms with van der Waals surface area (Å²) >= 11 is 5.91. The summed E-state index contributed by atoms with van der Waals surface area (Å²) < 4.78 is 0. The molecule has 1 aliphatic rings. The Morgan fingerprint density at radius 1 is 1.30 bits per heavy atom. The molecule has 100 valence electrons. The number of fused-ring (bicyclic) bond motifs is 2. The molecule has 1 unspecified atom stereocenters. The summed E-state index contributed by atoms with van der Waals surface area (Å²) in [6, 6.07) is 8.54. The summed E-state index contributed by atoms with van der Waals surface area (Å²) in [6.45, 7) is 0.838. The maximum Gasteiger partial charge on any atom is 0.226 e. The van der Waals surface area contributed by atoms with Crippen molar-refractivity contribution in [3.05, 3.63) is 46.9 Å². The van der Waals surface area contributed by atoms with Crippen molar-refractivity contribution in [2.45, 2.75) is 12.3 Å². The summed E-state index contributed by atoms with van der Waals surface area (Å²) in [4.78, 5) is 8.33. The predicted molar refractivity (Wildman–Crippen MR) is 78.1 cm³/mol. The third-order valence-electron chi connectivity index (χ3n) is 3.76. The van der Waals surface area contributed by atoms with E-state index in [0.29, 0.717) is 11.6 Å². The summed E-state index contributed by atoms with van der Waals surface area (Å²) in [5.41, 5.74) is 3.51. The van der Waals surface area contributed by atoms with Crippen LogP contribution in [0.3, 0.4) is 0 Å². The van der Waals surface area contributed by atoms with E-state index in [4.69, 9.17) is 11.6 Å². The van der Waals surface area contributed by atoms with E-state index >= 15 is 0 Å². The van der Waals surface area contributed by atoms with Gasteiger partial charge in [-0.2, -0.15) is 15.1 Å². The summed E-state index contributed by atoms with van der Waals surface area (Å²) in [6.07, 6.45) is 2.82. The number of H-pyrrole nitrogens is 1. The lowest BCUT2D eigenvalue weighted by Crippen LogP contribution is -2.24. The number of aromatic nitrogens is 4. The van der Waals surface area contributed by atoms with Gasteiger partial charge in [-0.15, -0.1) is 0 Å². The number of hydrogen-bond acceptors (Lipinski definition) is 4. The third-order valence-corrected chi connectivity index (χ3v) is 3.93. The van der Waals surface area contributed by atoms with Crippen molar-refractivity contribution in [2.24, 2.45) is 0 Å². The molecule has 5 nitrogen and oxygen atoms in total. The van der Waals surface area contributed by atoms with E-state index in [0.717, 1.165) is 24.2 Å². The molecule has 0 saturated carbocycles. The Balaban J connectivity index is 1.56. The van der Waals surface area contributed by atoms with Crippen LogP contribution in [-0.2, 0) is 6.42 Å². The molecule has 0 radical (unpaired) electrons. The Bertz CT molecular complexity index is 782. The molecule has 4 rings (SSSR count). The molecule has 1 aliphatic carbocycles. The standard InChI is InChI=1S/C14H12ClN5/c15-14-18-12(11-7-17-20-13(11)19-14)16-6-9-5-8-3-1-2-4-10(8)9/h1-4,7,9H,5-6H2,(H2,16,17,18,19,20). The number of anilines is 1. The van der Waals surface area contributed by atoms with Crippen LogP contribution in [0, 0.1) is 0 Å². The highest BCUT2D eigenvalue weighted by atomic mass is 35.5. The van der Waals surface area contributed by atoms with Crippen LogP contribution in [0.15, 0.2) is 30.5 Å². The van der Waals surface area contributed by atoms with Crippen LogP contribution in [0.2, 0.25) is 5.28 Å². The van der Waals surface area contributed by atoms with Gasteiger partial charge in [0.25, 0.3) is 0 Å². The van der Waals surface area contributed by atoms with Gasteiger partial charge in [-0.1, -0.05) is 24.3 Å². The van der Waals surface area contributed by atoms with Gasteiger partial charge >= 0.3 is 0 Å². The highest BCUT2D eigenvalue weighted by molar-refractivity contribution is 6.28. The molecule has 1 atom stereocenters. The number of nitrogens with one attached hydrogen (secondary N) is 2. The first-order chi connectivity index (χ1) is 9.81. The third kappa shape index (κ3) is 1.82. The molecule has 2 N–H and O–H groups in total. The number of halogens is 1. The summed E-state index contributed by atoms with van der Waals surface area (Å²) in [5.74, 6) is 1.26. The van der Waals surface area contributed by atoms with Gasteiger partial charge in [0, 0.05) is 12.5 Å². The van der Waals surface area contributed by atoms with Gasteiger partial charge in [0.15, 0.2) is 5.65 Å². The lowest BCUT2D eigenvalue weighted by Gasteiger charge is -2.30. The maximum absolute atomic E-state index is 5.91. The quantitative estimate of drug-likeness (QED) is 0.726. The zero-order chi connectivity index (χ0) is 13.5. The number of nitrogens with zero attached hydrogens (tertiary/aromatic N) is 3. The second-order valence-electron chi connectivity index (χ2n) is 4.95. The van der Waals surface area contributed by atoms with Crippen molar-refractivity contribution in [3.63, 3.8) is 0 Å². The van der Waals surface area contributed by atoms with Gasteiger partial charge in [-0.3, -0.25) is 5.10 Å². The van der Waals surface area contributed by atoms with Gasteiger partial charge in [-0.25, -0.2) is 0 Å². The zero-order valence-corrected chi connectivity index (χ0v) is 11.4. The minimum atomic E-state index is 0.221. The van der Waals surface area contributed by atoms with Crippen LogP contribution in [0.4, 0.5) is 5.82 Å². The van der Waals surface area contributed by atoms with E-state index in [9.17, 15) is 0 Å². The van der Waals surface area contributed by atoms with Crippen LogP contribution in [0.25, 0.3) is 11.0 Å². The van der Waals surface area contributed by atoms with Crippen molar-refractivity contribution in [2.75, 3.05) is 11.9 Å². The fourth-order valence-electron chi connectivity index (χ4n) is 2.71. The molecular formula is C14H12ClN5. The average molecular weight is 286 g/mol. The topological polar surface area (TPSA) is 66.5 Å². The SMILES string of the molecule is Clc1nc(NCC2Cc3ccccc32)c2cn[nH]c2n1. The fourth-order valence-corrected chi connectivity index (χ4v) is 2.88. The highest BCUT2D eigenvalue weighted by Crippen LogP contribution is 2.35. The first kappa shape index (κ1) is 11.7. The smallest absolute Gasteiger partial charge is 0.226 e. The molecule has 0 aliphatic heterocycles. The van der Waals surface area contributed by atoms with E-state index in [2.05, 4.69) is 49.7 Å². The lowest BCUT2D eigenvalue weighted by molar-refractivity contribution is 0.635. The molecule has 1 aromatic carbocycles. The minimum absolute atomic E-state index is 0.221. The molecule has 0 saturated heterocycles. The van der Waals surface area contributed by atoms with Crippen LogP contribution < -0.4 is 5.32 Å². The molecular weight excluding hydrogens is 274 g/mol. The molecule has 3 aromatic rings. The van der Waals surface area contributed by atoms with Crippen LogP contribution in [-0.4, -0.2) is 26.7 Å². The van der Waals surface area contributed by atoms with Crippen LogP contribution >= 0.6 is 11.6 Å². The molecule has 0 spiro atoms. The van der Waals surface area contributed by atoms with E-state index in [-0.39, 0.29) is 5.28 Å². The average Bonchev–Trinajstić information content (AvgIpc) is 2.87. The molecule has 20 heavy (non-hydrogen) atoms. The second-order valence-corrected chi connectivity index (χ2v) is 5.29. The van der Waals surface area contributed by atoms with Gasteiger partial charge in [0.2, 0.25) is 5.28 Å². The number of rotatable bonds is 3. The molecule has 0 bridgehead atoms. The second kappa shape index (κ2) is 4.45. The van der Waals surface area contributed by atoms with E-state index < -0.39 is 0 Å². The molecule has 2 aromatic heterocycles. The van der Waals surface area contributed by atoms with Gasteiger partial charge in [-0.05, 0) is 29.1 Å².